The van der Waals surface area contributed by atoms with Crippen LogP contribution >= 0.6 is 0 Å². The molecule has 2 rings (SSSR count). The molecule has 1 N–H and O–H groups in total. The second-order valence-corrected chi connectivity index (χ2v) is 5.30. The number of benzene rings is 1. The summed E-state index contributed by atoms with van der Waals surface area (Å²) in [6.07, 6.45) is 2.38. The van der Waals surface area contributed by atoms with Crippen LogP contribution in [0.4, 0.5) is 10.1 Å². The van der Waals surface area contributed by atoms with Gasteiger partial charge < -0.3 is 15.0 Å². The Kier molecular flexibility index (Phi) is 5.80. The molecule has 0 radical (unpaired) electrons. The molecular weight excluding hydrogens is 255 g/mol. The third kappa shape index (κ3) is 3.93. The van der Waals surface area contributed by atoms with Crippen LogP contribution in [0.25, 0.3) is 0 Å². The van der Waals surface area contributed by atoms with Crippen molar-refractivity contribution in [3.63, 3.8) is 0 Å². The van der Waals surface area contributed by atoms with Crippen LogP contribution in [0, 0.1) is 5.82 Å². The lowest BCUT2D eigenvalue weighted by atomic mass is 10.1. The smallest absolute Gasteiger partial charge is 0.123 e. The van der Waals surface area contributed by atoms with Crippen LogP contribution in [-0.2, 0) is 11.3 Å². The molecule has 112 valence electrons. The predicted octanol–water partition coefficient (Wildman–Crippen LogP) is 2.94. The van der Waals surface area contributed by atoms with Crippen molar-refractivity contribution in [3.8, 4) is 0 Å². The molecule has 1 aromatic carbocycles. The van der Waals surface area contributed by atoms with Gasteiger partial charge in [-0.25, -0.2) is 4.39 Å². The minimum Gasteiger partial charge on any atom is -0.375 e. The molecule has 0 bridgehead atoms. The Bertz CT molecular complexity index is 425. The lowest BCUT2D eigenvalue weighted by Crippen LogP contribution is -2.42. The maximum absolute atomic E-state index is 13.5. The van der Waals surface area contributed by atoms with Gasteiger partial charge in [-0.2, -0.15) is 0 Å². The van der Waals surface area contributed by atoms with Crippen LogP contribution in [0.2, 0.25) is 0 Å². The molecule has 1 saturated heterocycles. The third-order valence-electron chi connectivity index (χ3n) is 3.72. The zero-order valence-electron chi connectivity index (χ0n) is 12.5. The summed E-state index contributed by atoms with van der Waals surface area (Å²) in [5.41, 5.74) is 2.17. The Morgan fingerprint density at radius 2 is 2.25 bits per heavy atom. The lowest BCUT2D eigenvalue weighted by Gasteiger charge is -2.35. The predicted molar refractivity (Wildman–Crippen MR) is 80.6 cm³/mol. The third-order valence-corrected chi connectivity index (χ3v) is 3.72. The monoisotopic (exact) mass is 280 g/mol. The van der Waals surface area contributed by atoms with Crippen molar-refractivity contribution in [2.24, 2.45) is 0 Å². The highest BCUT2D eigenvalue weighted by Crippen LogP contribution is 2.24. The lowest BCUT2D eigenvalue weighted by molar-refractivity contribution is 0.0384. The van der Waals surface area contributed by atoms with Crippen molar-refractivity contribution in [1.82, 2.24) is 5.32 Å². The van der Waals surface area contributed by atoms with E-state index in [1.165, 1.54) is 0 Å². The maximum atomic E-state index is 13.5. The van der Waals surface area contributed by atoms with Gasteiger partial charge in [-0.05, 0) is 43.1 Å². The fourth-order valence-electron chi connectivity index (χ4n) is 2.59. The fourth-order valence-corrected chi connectivity index (χ4v) is 2.59. The molecule has 1 aliphatic heterocycles. The molecule has 4 heteroatoms. The summed E-state index contributed by atoms with van der Waals surface area (Å²) in [5.74, 6) is -0.164. The minimum atomic E-state index is -0.164. The number of rotatable bonds is 6. The van der Waals surface area contributed by atoms with E-state index in [0.717, 1.165) is 56.9 Å². The van der Waals surface area contributed by atoms with Gasteiger partial charge in [0.2, 0.25) is 0 Å². The van der Waals surface area contributed by atoms with Crippen molar-refractivity contribution in [2.75, 3.05) is 31.1 Å². The van der Waals surface area contributed by atoms with Crippen LogP contribution in [0.1, 0.15) is 32.3 Å². The maximum Gasteiger partial charge on any atom is 0.123 e. The summed E-state index contributed by atoms with van der Waals surface area (Å²) >= 11 is 0. The molecule has 20 heavy (non-hydrogen) atoms. The van der Waals surface area contributed by atoms with Crippen molar-refractivity contribution < 1.29 is 9.13 Å². The number of halogens is 1. The molecular formula is C16H25FN2O. The standard InChI is InChI=1S/C16H25FN2O/c1-3-7-18-11-13-10-14(17)5-6-16(13)19-8-9-20-15(4-2)12-19/h5-6,10,15,18H,3-4,7-9,11-12H2,1-2H3. The molecule has 1 unspecified atom stereocenters. The van der Waals surface area contributed by atoms with Crippen molar-refractivity contribution in [3.05, 3.63) is 29.6 Å². The van der Waals surface area contributed by atoms with Gasteiger partial charge in [0.05, 0.1) is 12.7 Å². The first-order chi connectivity index (χ1) is 9.74. The van der Waals surface area contributed by atoms with Gasteiger partial charge in [0.1, 0.15) is 5.82 Å². The van der Waals surface area contributed by atoms with Crippen LogP contribution in [0.15, 0.2) is 18.2 Å². The first-order valence-electron chi connectivity index (χ1n) is 7.60. The number of ether oxygens (including phenoxy) is 1. The molecule has 0 amide bonds. The Balaban J connectivity index is 2.12. The van der Waals surface area contributed by atoms with Crippen LogP contribution in [-0.4, -0.2) is 32.3 Å². The second kappa shape index (κ2) is 7.60. The average Bonchev–Trinajstić information content (AvgIpc) is 2.48. The second-order valence-electron chi connectivity index (χ2n) is 5.30. The summed E-state index contributed by atoms with van der Waals surface area (Å²) < 4.78 is 19.2. The molecule has 3 nitrogen and oxygen atoms in total. The van der Waals surface area contributed by atoms with Crippen LogP contribution < -0.4 is 10.2 Å². The normalized spacial score (nSPS) is 19.4. The SMILES string of the molecule is CCCNCc1cc(F)ccc1N1CCOC(CC)C1. The number of anilines is 1. The van der Waals surface area contributed by atoms with Gasteiger partial charge in [-0.1, -0.05) is 13.8 Å². The molecule has 1 aliphatic rings. The molecule has 0 saturated carbocycles. The molecule has 0 aromatic heterocycles. The zero-order chi connectivity index (χ0) is 14.4. The summed E-state index contributed by atoms with van der Waals surface area (Å²) in [4.78, 5) is 2.32. The average molecular weight is 280 g/mol. The molecule has 0 aliphatic carbocycles. The Morgan fingerprint density at radius 1 is 1.40 bits per heavy atom. The van der Waals surface area contributed by atoms with E-state index in [0.29, 0.717) is 0 Å². The number of nitrogens with zero attached hydrogens (tertiary/aromatic N) is 1. The van der Waals surface area contributed by atoms with Crippen molar-refractivity contribution in [1.29, 1.82) is 0 Å². The number of hydrogen-bond acceptors (Lipinski definition) is 3. The highest BCUT2D eigenvalue weighted by atomic mass is 19.1. The van der Waals surface area contributed by atoms with Gasteiger partial charge in [0.25, 0.3) is 0 Å². The number of nitrogens with one attached hydrogen (secondary N) is 1. The summed E-state index contributed by atoms with van der Waals surface area (Å²) in [6.45, 7) is 8.46. The van der Waals surface area contributed by atoms with Crippen molar-refractivity contribution >= 4 is 5.69 Å². The summed E-state index contributed by atoms with van der Waals surface area (Å²) in [7, 11) is 0. The summed E-state index contributed by atoms with van der Waals surface area (Å²) in [5, 5.41) is 3.36. The highest BCUT2D eigenvalue weighted by Gasteiger charge is 2.21. The van der Waals surface area contributed by atoms with Gasteiger partial charge in [0, 0.05) is 25.3 Å². The van der Waals surface area contributed by atoms with E-state index in [1.807, 2.05) is 6.07 Å². The summed E-state index contributed by atoms with van der Waals surface area (Å²) in [6, 6.07) is 5.10. The van der Waals surface area contributed by atoms with E-state index in [-0.39, 0.29) is 11.9 Å². The zero-order valence-corrected chi connectivity index (χ0v) is 12.5. The first-order valence-corrected chi connectivity index (χ1v) is 7.60. The molecule has 1 fully saturated rings. The van der Waals surface area contributed by atoms with E-state index in [4.69, 9.17) is 4.74 Å². The van der Waals surface area contributed by atoms with Gasteiger partial charge in [-0.15, -0.1) is 0 Å². The minimum absolute atomic E-state index is 0.164. The molecule has 1 atom stereocenters. The first kappa shape index (κ1) is 15.3. The van der Waals surface area contributed by atoms with Gasteiger partial charge in [-0.3, -0.25) is 0 Å². The van der Waals surface area contributed by atoms with E-state index in [9.17, 15) is 4.39 Å². The van der Waals surface area contributed by atoms with E-state index in [1.54, 1.807) is 12.1 Å². The Hall–Kier alpha value is -1.13. The molecule has 1 heterocycles. The largest absolute Gasteiger partial charge is 0.375 e. The van der Waals surface area contributed by atoms with Crippen molar-refractivity contribution in [2.45, 2.75) is 39.3 Å². The molecule has 1 aromatic rings. The topological polar surface area (TPSA) is 24.5 Å². The number of morpholine rings is 1. The van der Waals surface area contributed by atoms with E-state index >= 15 is 0 Å². The Labute approximate surface area is 121 Å². The number of hydrogen-bond donors (Lipinski definition) is 1. The van der Waals surface area contributed by atoms with Crippen LogP contribution in [0.3, 0.4) is 0 Å². The highest BCUT2D eigenvalue weighted by molar-refractivity contribution is 5.54. The fraction of sp³-hybridized carbons (Fsp3) is 0.625. The quantitative estimate of drug-likeness (QED) is 0.811. The van der Waals surface area contributed by atoms with E-state index in [2.05, 4.69) is 24.1 Å². The van der Waals surface area contributed by atoms with E-state index < -0.39 is 0 Å². The molecule has 0 spiro atoms. The van der Waals surface area contributed by atoms with Gasteiger partial charge >= 0.3 is 0 Å². The van der Waals surface area contributed by atoms with Gasteiger partial charge in [0.15, 0.2) is 0 Å². The Morgan fingerprint density at radius 3 is 3.00 bits per heavy atom. The van der Waals surface area contributed by atoms with Crippen LogP contribution in [0.5, 0.6) is 0 Å².